The van der Waals surface area contributed by atoms with E-state index in [9.17, 15) is 9.59 Å². The number of fused-ring (bicyclic) bond motifs is 3. The number of benzene rings is 1. The number of hydrogen-bond acceptors (Lipinski definition) is 5. The predicted octanol–water partition coefficient (Wildman–Crippen LogP) is 6.84. The van der Waals surface area contributed by atoms with Crippen molar-refractivity contribution in [3.05, 3.63) is 70.7 Å². The molecule has 4 atom stereocenters. The van der Waals surface area contributed by atoms with E-state index in [4.69, 9.17) is 14.2 Å². The van der Waals surface area contributed by atoms with Crippen molar-refractivity contribution in [2.45, 2.75) is 84.7 Å². The van der Waals surface area contributed by atoms with Crippen LogP contribution in [0.5, 0.6) is 0 Å². The Balaban J connectivity index is 1.58. The Kier molecular flexibility index (Phi) is 9.06. The molecule has 3 aliphatic carbocycles. The first-order chi connectivity index (χ1) is 17.4. The molecule has 0 saturated heterocycles. The van der Waals surface area contributed by atoms with Crippen LogP contribution in [0.4, 0.5) is 0 Å². The summed E-state index contributed by atoms with van der Waals surface area (Å²) in [5.41, 5.74) is 3.26. The fourth-order valence-corrected chi connectivity index (χ4v) is 6.20. The molecule has 0 aromatic heterocycles. The Bertz CT molecular complexity index is 1020. The minimum atomic E-state index is -0.391. The third-order valence-electron chi connectivity index (χ3n) is 7.79. The Labute approximate surface area is 215 Å². The number of carbonyl (C=O) groups is 2. The number of aryl methyl sites for hydroxylation is 1. The van der Waals surface area contributed by atoms with Crippen molar-refractivity contribution in [2.75, 3.05) is 6.61 Å². The second kappa shape index (κ2) is 12.4. The number of allylic oxidation sites excluding steroid dienone is 4. The standard InChI is InChI=1S/C31H40O5/c1-4-34-31(33)19-25-17-27-26-16-9-8-15-24(26)18-30(28(27)20-29(25)36-22(3)32)35-21(2)11-10-14-23-12-6-5-7-13-23/h5-7,12-13,19-21,24,26-27H,4,8-11,14-18H2,1-3H3/t21?,24-,26+,27?/m0/s1. The SMILES string of the molecule is CCOC(=O)C=C1CC2C(=C(OC(C)CCCc3ccccc3)C[C@@H]3CCCC[C@@H]23)C=C1OC(C)=O. The van der Waals surface area contributed by atoms with Crippen LogP contribution in [0, 0.1) is 17.8 Å². The van der Waals surface area contributed by atoms with Gasteiger partial charge in [0.2, 0.25) is 0 Å². The number of ether oxygens (including phenoxy) is 3. The van der Waals surface area contributed by atoms with Crippen LogP contribution in [0.15, 0.2) is 65.1 Å². The lowest BCUT2D eigenvalue weighted by molar-refractivity contribution is -0.138. The van der Waals surface area contributed by atoms with E-state index in [1.165, 1.54) is 44.2 Å². The van der Waals surface area contributed by atoms with Crippen molar-refractivity contribution in [2.24, 2.45) is 17.8 Å². The van der Waals surface area contributed by atoms with E-state index < -0.39 is 11.9 Å². The lowest BCUT2D eigenvalue weighted by Gasteiger charge is -2.45. The summed E-state index contributed by atoms with van der Waals surface area (Å²) < 4.78 is 17.4. The molecule has 0 heterocycles. The molecular formula is C31H40O5. The quantitative estimate of drug-likeness (QED) is 0.279. The normalized spacial score (nSPS) is 25.4. The van der Waals surface area contributed by atoms with E-state index >= 15 is 0 Å². The largest absolute Gasteiger partial charge is 0.495 e. The highest BCUT2D eigenvalue weighted by molar-refractivity contribution is 5.84. The minimum absolute atomic E-state index is 0.110. The highest BCUT2D eigenvalue weighted by Gasteiger charge is 2.42. The molecule has 4 rings (SSSR count). The second-order valence-electron chi connectivity index (χ2n) is 10.4. The first-order valence-electron chi connectivity index (χ1n) is 13.7. The van der Waals surface area contributed by atoms with Crippen LogP contribution < -0.4 is 0 Å². The first kappa shape index (κ1) is 26.2. The summed E-state index contributed by atoms with van der Waals surface area (Å²) in [5, 5.41) is 0. The van der Waals surface area contributed by atoms with Gasteiger partial charge in [-0.15, -0.1) is 0 Å². The van der Waals surface area contributed by atoms with Crippen LogP contribution in [-0.4, -0.2) is 24.6 Å². The monoisotopic (exact) mass is 492 g/mol. The highest BCUT2D eigenvalue weighted by Crippen LogP contribution is 2.52. The van der Waals surface area contributed by atoms with Gasteiger partial charge in [0.05, 0.1) is 12.7 Å². The lowest BCUT2D eigenvalue weighted by atomic mass is 9.62. The number of esters is 2. The molecular weight excluding hydrogens is 452 g/mol. The van der Waals surface area contributed by atoms with Gasteiger partial charge in [-0.25, -0.2) is 4.79 Å². The molecule has 0 amide bonds. The average molecular weight is 493 g/mol. The molecule has 1 saturated carbocycles. The van der Waals surface area contributed by atoms with Gasteiger partial charge in [0.1, 0.15) is 11.5 Å². The summed E-state index contributed by atoms with van der Waals surface area (Å²) in [6, 6.07) is 10.6. The average Bonchev–Trinajstić information content (AvgIpc) is 2.85. The van der Waals surface area contributed by atoms with Gasteiger partial charge < -0.3 is 14.2 Å². The first-order valence-corrected chi connectivity index (χ1v) is 13.7. The second-order valence-corrected chi connectivity index (χ2v) is 10.4. The van der Waals surface area contributed by atoms with E-state index in [1.54, 1.807) is 6.92 Å². The molecule has 0 N–H and O–H groups in total. The van der Waals surface area contributed by atoms with Crippen LogP contribution in [0.2, 0.25) is 0 Å². The summed E-state index contributed by atoms with van der Waals surface area (Å²) in [4.78, 5) is 24.2. The molecule has 5 heteroatoms. The van der Waals surface area contributed by atoms with E-state index in [-0.39, 0.29) is 12.0 Å². The minimum Gasteiger partial charge on any atom is -0.495 e. The van der Waals surface area contributed by atoms with Crippen molar-refractivity contribution in [1.82, 2.24) is 0 Å². The molecule has 0 aliphatic heterocycles. The van der Waals surface area contributed by atoms with E-state index in [1.807, 2.05) is 6.08 Å². The summed E-state index contributed by atoms with van der Waals surface area (Å²) >= 11 is 0. The third-order valence-corrected chi connectivity index (χ3v) is 7.79. The van der Waals surface area contributed by atoms with Crippen molar-refractivity contribution in [3.8, 4) is 0 Å². The van der Waals surface area contributed by atoms with Gasteiger partial charge in [0.15, 0.2) is 0 Å². The molecule has 194 valence electrons. The fourth-order valence-electron chi connectivity index (χ4n) is 6.20. The molecule has 1 fully saturated rings. The maximum atomic E-state index is 12.3. The molecule has 0 spiro atoms. The zero-order valence-electron chi connectivity index (χ0n) is 22.0. The van der Waals surface area contributed by atoms with Gasteiger partial charge in [-0.2, -0.15) is 0 Å². The molecule has 0 bridgehead atoms. The zero-order valence-corrected chi connectivity index (χ0v) is 22.0. The number of rotatable bonds is 9. The van der Waals surface area contributed by atoms with Crippen LogP contribution in [0.1, 0.15) is 77.7 Å². The van der Waals surface area contributed by atoms with Crippen LogP contribution >= 0.6 is 0 Å². The molecule has 5 nitrogen and oxygen atoms in total. The molecule has 2 unspecified atom stereocenters. The van der Waals surface area contributed by atoms with Gasteiger partial charge in [-0.05, 0) is 87.3 Å². The predicted molar refractivity (Wildman–Crippen MR) is 140 cm³/mol. The Morgan fingerprint density at radius 2 is 1.89 bits per heavy atom. The van der Waals surface area contributed by atoms with E-state index in [0.29, 0.717) is 30.6 Å². The maximum absolute atomic E-state index is 12.3. The van der Waals surface area contributed by atoms with Crippen LogP contribution in [0.25, 0.3) is 0 Å². The smallest absolute Gasteiger partial charge is 0.331 e. The van der Waals surface area contributed by atoms with E-state index in [2.05, 4.69) is 37.3 Å². The van der Waals surface area contributed by atoms with Gasteiger partial charge in [-0.3, -0.25) is 4.79 Å². The molecule has 0 radical (unpaired) electrons. The Hall–Kier alpha value is -2.82. The summed E-state index contributed by atoms with van der Waals surface area (Å²) in [7, 11) is 0. The maximum Gasteiger partial charge on any atom is 0.331 e. The van der Waals surface area contributed by atoms with E-state index in [0.717, 1.165) is 42.6 Å². The topological polar surface area (TPSA) is 61.8 Å². The van der Waals surface area contributed by atoms with Gasteiger partial charge >= 0.3 is 11.9 Å². The molecule has 36 heavy (non-hydrogen) atoms. The molecule has 1 aromatic rings. The zero-order chi connectivity index (χ0) is 25.5. The molecule has 3 aliphatic rings. The summed E-state index contributed by atoms with van der Waals surface area (Å²) in [6.45, 7) is 5.66. The third kappa shape index (κ3) is 6.68. The summed E-state index contributed by atoms with van der Waals surface area (Å²) in [5.74, 6) is 2.16. The Morgan fingerprint density at radius 3 is 2.64 bits per heavy atom. The molecule has 1 aromatic carbocycles. The van der Waals surface area contributed by atoms with Gasteiger partial charge in [0, 0.05) is 25.0 Å². The van der Waals surface area contributed by atoms with Gasteiger partial charge in [-0.1, -0.05) is 43.2 Å². The van der Waals surface area contributed by atoms with Gasteiger partial charge in [0.25, 0.3) is 0 Å². The number of hydrogen-bond donors (Lipinski definition) is 0. The summed E-state index contributed by atoms with van der Waals surface area (Å²) in [6.07, 6.45) is 13.2. The van der Waals surface area contributed by atoms with Crippen molar-refractivity contribution < 1.29 is 23.8 Å². The van der Waals surface area contributed by atoms with Crippen LogP contribution in [-0.2, 0) is 30.2 Å². The highest BCUT2D eigenvalue weighted by atomic mass is 16.5. The van der Waals surface area contributed by atoms with Crippen LogP contribution in [0.3, 0.4) is 0 Å². The van der Waals surface area contributed by atoms with Crippen molar-refractivity contribution >= 4 is 11.9 Å². The van der Waals surface area contributed by atoms with Crippen molar-refractivity contribution in [3.63, 3.8) is 0 Å². The lowest BCUT2D eigenvalue weighted by Crippen LogP contribution is -2.36. The number of carbonyl (C=O) groups excluding carboxylic acids is 2. The fraction of sp³-hybridized carbons (Fsp3) is 0.548. The van der Waals surface area contributed by atoms with Crippen molar-refractivity contribution in [1.29, 1.82) is 0 Å². The Morgan fingerprint density at radius 1 is 1.11 bits per heavy atom.